The molecule has 0 spiro atoms. The van der Waals surface area contributed by atoms with Gasteiger partial charge >= 0.3 is 6.03 Å². The standard InChI is InChI=1S/C28H29N3O6/c1-4-37-24-13-7-20(8-14-24)29-26(32)17-25-27(33)31(21-9-15-23(36-3)16-10-21)28(34)30(25)18-19-5-11-22(35-2)12-6-19/h5-16,25H,4,17-18H2,1-3H3,(H,29,32)/t25-/m1/s1. The quantitative estimate of drug-likeness (QED) is 0.410. The van der Waals surface area contributed by atoms with Crippen LogP contribution in [0.25, 0.3) is 0 Å². The number of ether oxygens (including phenoxy) is 3. The summed E-state index contributed by atoms with van der Waals surface area (Å²) in [6.07, 6.45) is -0.194. The molecule has 0 saturated carbocycles. The van der Waals surface area contributed by atoms with Crippen molar-refractivity contribution in [3.8, 4) is 17.2 Å². The average molecular weight is 504 g/mol. The van der Waals surface area contributed by atoms with Crippen molar-refractivity contribution in [3.63, 3.8) is 0 Å². The summed E-state index contributed by atoms with van der Waals surface area (Å²) in [5.74, 6) is 1.12. The number of benzene rings is 3. The monoisotopic (exact) mass is 503 g/mol. The summed E-state index contributed by atoms with van der Waals surface area (Å²) < 4.78 is 15.8. The first-order valence-electron chi connectivity index (χ1n) is 11.9. The minimum Gasteiger partial charge on any atom is -0.497 e. The molecule has 1 atom stereocenters. The van der Waals surface area contributed by atoms with Gasteiger partial charge in [-0.3, -0.25) is 9.59 Å². The Labute approximate surface area is 215 Å². The van der Waals surface area contributed by atoms with Crippen LogP contribution >= 0.6 is 0 Å². The molecule has 9 nitrogen and oxygen atoms in total. The van der Waals surface area contributed by atoms with Crippen LogP contribution in [0.5, 0.6) is 17.2 Å². The van der Waals surface area contributed by atoms with Crippen LogP contribution < -0.4 is 24.4 Å². The van der Waals surface area contributed by atoms with E-state index in [9.17, 15) is 14.4 Å². The Morgan fingerprint density at radius 3 is 1.97 bits per heavy atom. The lowest BCUT2D eigenvalue weighted by Gasteiger charge is -2.22. The van der Waals surface area contributed by atoms with Crippen molar-refractivity contribution in [2.75, 3.05) is 31.0 Å². The maximum absolute atomic E-state index is 13.5. The van der Waals surface area contributed by atoms with E-state index in [4.69, 9.17) is 14.2 Å². The number of hydrogen-bond donors (Lipinski definition) is 1. The SMILES string of the molecule is CCOc1ccc(NC(=O)C[C@@H]2C(=O)N(c3ccc(OC)cc3)C(=O)N2Cc2ccc(OC)cc2)cc1. The molecular formula is C28H29N3O6. The molecule has 37 heavy (non-hydrogen) atoms. The Kier molecular flexibility index (Phi) is 7.92. The molecule has 0 unspecified atom stereocenters. The van der Waals surface area contributed by atoms with E-state index in [1.165, 1.54) is 12.0 Å². The van der Waals surface area contributed by atoms with E-state index in [1.54, 1.807) is 67.8 Å². The molecule has 0 radical (unpaired) electrons. The van der Waals surface area contributed by atoms with Gasteiger partial charge < -0.3 is 24.4 Å². The van der Waals surface area contributed by atoms with Crippen molar-refractivity contribution >= 4 is 29.2 Å². The molecule has 1 fully saturated rings. The van der Waals surface area contributed by atoms with E-state index in [2.05, 4.69) is 5.32 Å². The van der Waals surface area contributed by atoms with E-state index in [0.29, 0.717) is 35.2 Å². The van der Waals surface area contributed by atoms with Gasteiger partial charge in [-0.15, -0.1) is 0 Å². The van der Waals surface area contributed by atoms with Crippen LogP contribution in [0.2, 0.25) is 0 Å². The van der Waals surface area contributed by atoms with E-state index in [-0.39, 0.29) is 18.9 Å². The Morgan fingerprint density at radius 2 is 1.41 bits per heavy atom. The second kappa shape index (κ2) is 11.5. The highest BCUT2D eigenvalue weighted by atomic mass is 16.5. The fourth-order valence-corrected chi connectivity index (χ4v) is 4.10. The fourth-order valence-electron chi connectivity index (χ4n) is 4.10. The number of rotatable bonds is 10. The fraction of sp³-hybridized carbons (Fsp3) is 0.250. The number of anilines is 2. The molecular weight excluding hydrogens is 474 g/mol. The summed E-state index contributed by atoms with van der Waals surface area (Å²) in [4.78, 5) is 42.5. The predicted octanol–water partition coefficient (Wildman–Crippen LogP) is 4.47. The number of methoxy groups -OCH3 is 2. The third-order valence-corrected chi connectivity index (χ3v) is 5.99. The van der Waals surface area contributed by atoms with Crippen LogP contribution in [0.15, 0.2) is 72.8 Å². The zero-order chi connectivity index (χ0) is 26.4. The highest BCUT2D eigenvalue weighted by Gasteiger charge is 2.46. The lowest BCUT2D eigenvalue weighted by molar-refractivity contribution is -0.124. The van der Waals surface area contributed by atoms with Crippen molar-refractivity contribution in [1.29, 1.82) is 0 Å². The highest BCUT2D eigenvalue weighted by molar-refractivity contribution is 6.22. The first kappa shape index (κ1) is 25.6. The number of carbonyl (C=O) groups is 3. The van der Waals surface area contributed by atoms with E-state index in [1.807, 2.05) is 19.1 Å². The zero-order valence-corrected chi connectivity index (χ0v) is 21.0. The van der Waals surface area contributed by atoms with E-state index in [0.717, 1.165) is 10.5 Å². The predicted molar refractivity (Wildman–Crippen MR) is 139 cm³/mol. The van der Waals surface area contributed by atoms with Gasteiger partial charge in [0.1, 0.15) is 23.3 Å². The number of nitrogens with one attached hydrogen (secondary N) is 1. The van der Waals surface area contributed by atoms with Crippen LogP contribution in [0.4, 0.5) is 16.2 Å². The summed E-state index contributed by atoms with van der Waals surface area (Å²) in [6, 6.07) is 19.3. The summed E-state index contributed by atoms with van der Waals surface area (Å²) in [5.41, 5.74) is 1.78. The molecule has 4 amide bonds. The molecule has 0 bridgehead atoms. The molecule has 1 aliphatic heterocycles. The van der Waals surface area contributed by atoms with Crippen molar-refractivity contribution in [3.05, 3.63) is 78.4 Å². The van der Waals surface area contributed by atoms with Crippen LogP contribution in [-0.4, -0.2) is 49.6 Å². The van der Waals surface area contributed by atoms with Crippen molar-refractivity contribution in [1.82, 2.24) is 4.90 Å². The van der Waals surface area contributed by atoms with Crippen molar-refractivity contribution in [2.24, 2.45) is 0 Å². The minimum absolute atomic E-state index is 0.155. The second-order valence-electron chi connectivity index (χ2n) is 8.36. The first-order valence-corrected chi connectivity index (χ1v) is 11.9. The van der Waals surface area contributed by atoms with Gasteiger partial charge in [0.15, 0.2) is 0 Å². The van der Waals surface area contributed by atoms with Crippen LogP contribution in [0.3, 0.4) is 0 Å². The molecule has 3 aromatic carbocycles. The Bertz CT molecular complexity index is 1240. The molecule has 3 aromatic rings. The van der Waals surface area contributed by atoms with Crippen LogP contribution in [-0.2, 0) is 16.1 Å². The Morgan fingerprint density at radius 1 is 0.838 bits per heavy atom. The number of nitrogens with zero attached hydrogens (tertiary/aromatic N) is 2. The van der Waals surface area contributed by atoms with Crippen LogP contribution in [0, 0.1) is 0 Å². The molecule has 4 rings (SSSR count). The van der Waals surface area contributed by atoms with E-state index >= 15 is 0 Å². The third kappa shape index (κ3) is 5.83. The van der Waals surface area contributed by atoms with E-state index < -0.39 is 18.0 Å². The Hall–Kier alpha value is -4.53. The van der Waals surface area contributed by atoms with Gasteiger partial charge in [0.05, 0.1) is 32.9 Å². The smallest absolute Gasteiger partial charge is 0.332 e. The minimum atomic E-state index is -0.973. The molecule has 0 aromatic heterocycles. The second-order valence-corrected chi connectivity index (χ2v) is 8.36. The topological polar surface area (TPSA) is 97.4 Å². The summed E-state index contributed by atoms with van der Waals surface area (Å²) in [5, 5.41) is 2.81. The number of amides is 4. The zero-order valence-electron chi connectivity index (χ0n) is 21.0. The molecule has 1 aliphatic rings. The lowest BCUT2D eigenvalue weighted by Crippen LogP contribution is -2.37. The van der Waals surface area contributed by atoms with Gasteiger partial charge in [0.25, 0.3) is 5.91 Å². The van der Waals surface area contributed by atoms with Crippen molar-refractivity contribution in [2.45, 2.75) is 25.9 Å². The molecule has 1 N–H and O–H groups in total. The maximum atomic E-state index is 13.5. The number of urea groups is 1. The summed E-state index contributed by atoms with van der Waals surface area (Å²) in [7, 11) is 3.11. The van der Waals surface area contributed by atoms with Crippen LogP contribution in [0.1, 0.15) is 18.9 Å². The Balaban J connectivity index is 1.56. The highest BCUT2D eigenvalue weighted by Crippen LogP contribution is 2.30. The molecule has 192 valence electrons. The van der Waals surface area contributed by atoms with Crippen molar-refractivity contribution < 1.29 is 28.6 Å². The summed E-state index contributed by atoms with van der Waals surface area (Å²) >= 11 is 0. The average Bonchev–Trinajstić information content (AvgIpc) is 3.14. The third-order valence-electron chi connectivity index (χ3n) is 5.99. The number of hydrogen-bond acceptors (Lipinski definition) is 6. The summed E-state index contributed by atoms with van der Waals surface area (Å²) in [6.45, 7) is 2.59. The number of imide groups is 1. The molecule has 1 heterocycles. The molecule has 9 heteroatoms. The number of carbonyl (C=O) groups excluding carboxylic acids is 3. The van der Waals surface area contributed by atoms with Gasteiger partial charge in [-0.1, -0.05) is 12.1 Å². The first-order chi connectivity index (χ1) is 17.9. The lowest BCUT2D eigenvalue weighted by atomic mass is 10.1. The normalized spacial score (nSPS) is 15.1. The molecule has 1 saturated heterocycles. The maximum Gasteiger partial charge on any atom is 0.332 e. The van der Waals surface area contributed by atoms with Gasteiger partial charge in [-0.2, -0.15) is 0 Å². The largest absolute Gasteiger partial charge is 0.497 e. The van der Waals surface area contributed by atoms with Gasteiger partial charge in [0.2, 0.25) is 5.91 Å². The molecule has 0 aliphatic carbocycles. The van der Waals surface area contributed by atoms with Gasteiger partial charge in [-0.25, -0.2) is 9.69 Å². The van der Waals surface area contributed by atoms with Gasteiger partial charge in [0, 0.05) is 12.2 Å². The van der Waals surface area contributed by atoms with Gasteiger partial charge in [-0.05, 0) is 73.2 Å².